The standard InChI is InChI=1S/C24H44O12.C6H8O2.K/c1-2-3-4-5-6-7-8-9-10-11-17(27)33-14-24(22(32)19(29)16(13-26)35-24)36-23-21(31)20(30)18(28)15(12-25)34-23;1-2-3-4-5-6(7)8;/h15-16,18-23,25-26,28-32H,2-14H2,1H3;2-5H,1H3,(H,7,8);/q;;+1/p-1/t15-,16-,18-,19-,20+,21-,22+,23-,24+;;/m1../s1. The predicted octanol–water partition coefficient (Wildman–Crippen LogP) is -4.05. The zero-order chi connectivity index (χ0) is 33.1. The van der Waals surface area contributed by atoms with E-state index in [0.717, 1.165) is 25.3 Å². The summed E-state index contributed by atoms with van der Waals surface area (Å²) in [5, 5.41) is 79.7. The number of esters is 1. The molecule has 256 valence electrons. The van der Waals surface area contributed by atoms with Crippen molar-refractivity contribution in [1.82, 2.24) is 0 Å². The van der Waals surface area contributed by atoms with Crippen LogP contribution in [0.4, 0.5) is 0 Å². The first-order valence-corrected chi connectivity index (χ1v) is 15.3. The molecule has 2 heterocycles. The van der Waals surface area contributed by atoms with Crippen LogP contribution in [-0.4, -0.2) is 122 Å². The summed E-state index contributed by atoms with van der Waals surface area (Å²) < 4.78 is 21.6. The largest absolute Gasteiger partial charge is 1.00 e. The first-order valence-electron chi connectivity index (χ1n) is 15.3. The molecule has 0 aromatic heterocycles. The first-order chi connectivity index (χ1) is 21.0. The van der Waals surface area contributed by atoms with Crippen molar-refractivity contribution in [2.24, 2.45) is 0 Å². The first kappa shape index (κ1) is 44.7. The fourth-order valence-corrected chi connectivity index (χ4v) is 4.70. The van der Waals surface area contributed by atoms with Crippen molar-refractivity contribution >= 4 is 11.9 Å². The summed E-state index contributed by atoms with van der Waals surface area (Å²) in [5.41, 5.74) is 0. The molecule has 0 aliphatic carbocycles. The fraction of sp³-hybridized carbons (Fsp3) is 0.800. The van der Waals surface area contributed by atoms with Gasteiger partial charge in [0.1, 0.15) is 49.3 Å². The molecular formula is C30H51KO14. The van der Waals surface area contributed by atoms with E-state index in [9.17, 15) is 50.4 Å². The molecule has 0 unspecified atom stereocenters. The summed E-state index contributed by atoms with van der Waals surface area (Å²) in [6, 6.07) is 0. The van der Waals surface area contributed by atoms with Crippen molar-refractivity contribution in [3.8, 4) is 0 Å². The Hall–Kier alpha value is -0.344. The number of unbranched alkanes of at least 4 members (excludes halogenated alkanes) is 8. The van der Waals surface area contributed by atoms with Gasteiger partial charge in [0.25, 0.3) is 0 Å². The quantitative estimate of drug-likeness (QED) is 0.0241. The molecule has 2 rings (SSSR count). The summed E-state index contributed by atoms with van der Waals surface area (Å²) in [6.07, 6.45) is 2.58. The molecule has 0 aromatic rings. The molecule has 0 saturated carbocycles. The summed E-state index contributed by atoms with van der Waals surface area (Å²) in [6.45, 7) is 1.88. The third kappa shape index (κ3) is 15.6. The average molecular weight is 675 g/mol. The smallest absolute Gasteiger partial charge is 0.545 e. The van der Waals surface area contributed by atoms with Crippen LogP contribution in [-0.2, 0) is 28.5 Å². The van der Waals surface area contributed by atoms with E-state index in [1.54, 1.807) is 19.1 Å². The van der Waals surface area contributed by atoms with Crippen LogP contribution in [0.15, 0.2) is 24.3 Å². The van der Waals surface area contributed by atoms with E-state index < -0.39 is 86.6 Å². The van der Waals surface area contributed by atoms with Gasteiger partial charge < -0.3 is 64.6 Å². The predicted molar refractivity (Wildman–Crippen MR) is 153 cm³/mol. The molecule has 2 saturated heterocycles. The van der Waals surface area contributed by atoms with Crippen molar-refractivity contribution in [2.45, 2.75) is 133 Å². The number of rotatable bonds is 18. The Balaban J connectivity index is 0.00000189. The minimum absolute atomic E-state index is 0. The molecule has 0 radical (unpaired) electrons. The van der Waals surface area contributed by atoms with Gasteiger partial charge in [0, 0.05) is 6.42 Å². The van der Waals surface area contributed by atoms with Crippen molar-refractivity contribution in [2.75, 3.05) is 19.8 Å². The molecule has 0 aromatic carbocycles. The van der Waals surface area contributed by atoms with E-state index in [1.807, 2.05) is 0 Å². The van der Waals surface area contributed by atoms with Crippen molar-refractivity contribution in [3.05, 3.63) is 24.3 Å². The minimum atomic E-state index is -2.24. The van der Waals surface area contributed by atoms with E-state index in [-0.39, 0.29) is 57.8 Å². The average Bonchev–Trinajstić information content (AvgIpc) is 3.24. The van der Waals surface area contributed by atoms with E-state index >= 15 is 0 Å². The molecular weight excluding hydrogens is 623 g/mol. The van der Waals surface area contributed by atoms with E-state index in [2.05, 4.69) is 6.92 Å². The molecule has 14 nitrogen and oxygen atoms in total. The minimum Gasteiger partial charge on any atom is -0.545 e. The summed E-state index contributed by atoms with van der Waals surface area (Å²) in [4.78, 5) is 22.0. The third-order valence-electron chi connectivity index (χ3n) is 7.30. The van der Waals surface area contributed by atoms with Crippen molar-refractivity contribution in [1.29, 1.82) is 0 Å². The SMILES string of the molecule is CC=CC=CC(=O)[O-].CCCCCCCCCCCC(=O)OC[C@@]1(O[C@H]2O[C@H](CO)[C@@H](O)[C@H](O)[C@H]2O)O[C@H](CO)[C@@H](O)[C@@H]1O.[K+]. The van der Waals surface area contributed by atoms with Crippen LogP contribution < -0.4 is 56.5 Å². The van der Waals surface area contributed by atoms with Gasteiger partial charge in [-0.25, -0.2) is 0 Å². The third-order valence-corrected chi connectivity index (χ3v) is 7.30. The number of aliphatic hydroxyl groups excluding tert-OH is 7. The van der Waals surface area contributed by atoms with Gasteiger partial charge in [0.05, 0.1) is 19.2 Å². The second kappa shape index (κ2) is 24.7. The van der Waals surface area contributed by atoms with Crippen LogP contribution in [0.3, 0.4) is 0 Å². The van der Waals surface area contributed by atoms with E-state index in [4.69, 9.17) is 18.9 Å². The number of carbonyl (C=O) groups excluding carboxylic acids is 2. The molecule has 2 aliphatic heterocycles. The number of ether oxygens (including phenoxy) is 4. The summed E-state index contributed by atoms with van der Waals surface area (Å²) >= 11 is 0. The van der Waals surface area contributed by atoms with Crippen LogP contribution >= 0.6 is 0 Å². The maximum atomic E-state index is 12.3. The monoisotopic (exact) mass is 674 g/mol. The van der Waals surface area contributed by atoms with E-state index in [1.165, 1.54) is 38.2 Å². The maximum Gasteiger partial charge on any atom is 1.00 e. The van der Waals surface area contributed by atoms with E-state index in [0.29, 0.717) is 6.42 Å². The van der Waals surface area contributed by atoms with Crippen LogP contribution in [0.1, 0.15) is 78.1 Å². The number of hydrogen-bond donors (Lipinski definition) is 7. The molecule has 2 aliphatic rings. The van der Waals surface area contributed by atoms with Crippen molar-refractivity contribution in [3.63, 3.8) is 0 Å². The van der Waals surface area contributed by atoms with Crippen LogP contribution in [0, 0.1) is 0 Å². The van der Waals surface area contributed by atoms with Gasteiger partial charge in [-0.2, -0.15) is 0 Å². The second-order valence-corrected chi connectivity index (χ2v) is 10.8. The maximum absolute atomic E-state index is 12.3. The summed E-state index contributed by atoms with van der Waals surface area (Å²) in [5.74, 6) is -4.00. The molecule has 9 atom stereocenters. The Labute approximate surface area is 307 Å². The second-order valence-electron chi connectivity index (χ2n) is 10.8. The molecule has 0 spiro atoms. The normalized spacial score (nSPS) is 31.4. The number of hydrogen-bond acceptors (Lipinski definition) is 14. The molecule has 0 bridgehead atoms. The summed E-state index contributed by atoms with van der Waals surface area (Å²) in [7, 11) is 0. The number of aliphatic hydroxyl groups is 7. The topological polar surface area (TPSA) is 236 Å². The van der Waals surface area contributed by atoms with Crippen LogP contribution in [0.2, 0.25) is 0 Å². The van der Waals surface area contributed by atoms with Crippen LogP contribution in [0.25, 0.3) is 0 Å². The number of carboxylic acids is 1. The van der Waals surface area contributed by atoms with Gasteiger partial charge in [-0.3, -0.25) is 4.79 Å². The number of aliphatic carboxylic acids is 1. The van der Waals surface area contributed by atoms with Gasteiger partial charge in [0.2, 0.25) is 5.79 Å². The van der Waals surface area contributed by atoms with Gasteiger partial charge in [-0.05, 0) is 19.4 Å². The van der Waals surface area contributed by atoms with Gasteiger partial charge in [-0.15, -0.1) is 0 Å². The molecule has 7 N–H and O–H groups in total. The zero-order valence-electron chi connectivity index (χ0n) is 26.6. The molecule has 15 heteroatoms. The Morgan fingerprint density at radius 2 is 1.40 bits per heavy atom. The van der Waals surface area contributed by atoms with Gasteiger partial charge >= 0.3 is 57.4 Å². The number of carbonyl (C=O) groups is 2. The number of carboxylic acid groups (broad SMARTS) is 1. The number of allylic oxidation sites excluding steroid dienone is 3. The Kier molecular flexibility index (Phi) is 24.6. The molecule has 2 fully saturated rings. The molecule has 45 heavy (non-hydrogen) atoms. The zero-order valence-corrected chi connectivity index (χ0v) is 29.7. The Morgan fingerprint density at radius 1 is 0.822 bits per heavy atom. The molecule has 0 amide bonds. The van der Waals surface area contributed by atoms with Crippen LogP contribution in [0.5, 0.6) is 0 Å². The van der Waals surface area contributed by atoms with Gasteiger partial charge in [-0.1, -0.05) is 76.5 Å². The fourth-order valence-electron chi connectivity index (χ4n) is 4.70. The Bertz CT molecular complexity index is 872. The van der Waals surface area contributed by atoms with Crippen molar-refractivity contribution < 1.29 is 121 Å². The van der Waals surface area contributed by atoms with Gasteiger partial charge in [0.15, 0.2) is 6.29 Å². The Morgan fingerprint density at radius 3 is 1.91 bits per heavy atom.